The Balaban J connectivity index is 0.000000412. The van der Waals surface area contributed by atoms with Gasteiger partial charge in [0.15, 0.2) is 0 Å². The second-order valence-corrected chi connectivity index (χ2v) is 28.5. The predicted octanol–water partition coefficient (Wildman–Crippen LogP) is 38.2. The quantitative estimate of drug-likeness (QED) is 0.110. The van der Waals surface area contributed by atoms with E-state index in [0.717, 1.165) is 99.4 Å². The van der Waals surface area contributed by atoms with Crippen LogP contribution in [-0.2, 0) is 229 Å². The summed E-state index contributed by atoms with van der Waals surface area (Å²) in [5, 5.41) is 21.9. The van der Waals surface area contributed by atoms with E-state index in [4.69, 9.17) is 0 Å². The van der Waals surface area contributed by atoms with Gasteiger partial charge in [-0.2, -0.15) is 259 Å². The molecule has 0 unspecified atom stereocenters. The van der Waals surface area contributed by atoms with E-state index in [2.05, 4.69) is 364 Å². The van der Waals surface area contributed by atoms with Crippen molar-refractivity contribution >= 4 is 97.0 Å². The third-order valence-electron chi connectivity index (χ3n) is 20.7. The summed E-state index contributed by atoms with van der Waals surface area (Å²) in [7, 11) is 0. The molecule has 0 atom stereocenters. The molecule has 0 bridgehead atoms. The zero-order valence-electron chi connectivity index (χ0n) is 83.8. The molecule has 0 amide bonds. The maximum atomic E-state index is 3.55. The first-order valence-corrected chi connectivity index (χ1v) is 47.0. The minimum absolute atomic E-state index is 0. The molecule has 0 N–H and O–H groups in total. The van der Waals surface area contributed by atoms with Crippen LogP contribution < -0.4 is 0 Å². The molecule has 23 rings (SSSR count). The first-order chi connectivity index (χ1) is 66.5. The van der Waals surface area contributed by atoms with Crippen LogP contribution in [0.25, 0.3) is 175 Å². The molecule has 0 spiro atoms. The molecule has 0 fully saturated rings. The molecule has 687 valence electrons. The van der Waals surface area contributed by atoms with Crippen molar-refractivity contribution < 1.29 is 229 Å². The molecule has 7 heteroatoms. The van der Waals surface area contributed by atoms with Crippen molar-refractivity contribution in [1.82, 2.24) is 0 Å². The Morgan fingerprint density at radius 1 is 0.128 bits per heavy atom. The Morgan fingerprint density at radius 2 is 0.376 bits per heavy atom. The maximum absolute atomic E-state index is 3.55. The van der Waals surface area contributed by atoms with Gasteiger partial charge in [-0.05, 0) is 0 Å². The van der Waals surface area contributed by atoms with Crippen LogP contribution in [0.4, 0.5) is 0 Å². The SMILES string of the molecule is CC.CC.CC.CC.CC.CC.CC.[Y].[Y].[Y].[Y].[Y].[Y].[Y].[c-]1cc2ccccc2cc1-c1[c-]c2ccccc2cc1.[c-]1ccc2ccccc2c1-c1[c-]c2ccccc2cc1.[c-]1ccccc1-c1[c-]c2ccccc2c2ccccc12.[c-]1ccccc1-c1[c-]c2ccccc2cc1.[c-]1ccccc1-c1[c-]cc2ccccc2c1.[c-]1ccccc1-c1[c-]ccc2ccccc12.[c-]1ccccc1-c1[c-]cccc1. The molecular weight excluding hydrogens is 2230 g/mol. The fourth-order valence-corrected chi connectivity index (χ4v) is 14.7. The Morgan fingerprint density at radius 3 is 0.745 bits per heavy atom. The Labute approximate surface area is 1020 Å². The van der Waals surface area contributed by atoms with Gasteiger partial charge in [-0.25, -0.2) is 55.6 Å². The average molecular weight is 2350 g/mol. The molecule has 0 saturated carbocycles. The van der Waals surface area contributed by atoms with Gasteiger partial charge in [0.1, 0.15) is 0 Å². The molecule has 23 aromatic carbocycles. The first-order valence-electron chi connectivity index (χ1n) is 47.0. The Bertz CT molecular complexity index is 7090. The fourth-order valence-electron chi connectivity index (χ4n) is 14.7. The van der Waals surface area contributed by atoms with Crippen LogP contribution >= 0.6 is 0 Å². The Kier molecular flexibility index (Phi) is 66.1. The van der Waals surface area contributed by atoms with Gasteiger partial charge >= 0.3 is 0 Å². The summed E-state index contributed by atoms with van der Waals surface area (Å²) in [6.45, 7) is 28.0. The summed E-state index contributed by atoms with van der Waals surface area (Å²) < 4.78 is 0. The smallest absolute Gasteiger partial charge is 0 e. The van der Waals surface area contributed by atoms with Crippen LogP contribution in [0.15, 0.2) is 449 Å². The van der Waals surface area contributed by atoms with Gasteiger partial charge in [0.05, 0.1) is 0 Å². The van der Waals surface area contributed by atoms with E-state index in [1.807, 2.05) is 267 Å². The second-order valence-electron chi connectivity index (χ2n) is 28.5. The summed E-state index contributed by atoms with van der Waals surface area (Å²) in [5.41, 5.74) is 15.4. The van der Waals surface area contributed by atoms with Gasteiger partial charge in [-0.3, -0.25) is 0 Å². The predicted molar refractivity (Wildman–Crippen MR) is 584 cm³/mol. The maximum Gasteiger partial charge on any atom is 0 e. The van der Waals surface area contributed by atoms with Crippen molar-refractivity contribution in [2.75, 3.05) is 0 Å². The number of fused-ring (bicyclic) bond motifs is 10. The number of benzene rings is 23. The molecule has 141 heavy (non-hydrogen) atoms. The largest absolute Gasteiger partial charge is 0.226 e. The normalized spacial score (nSPS) is 9.38. The zero-order chi connectivity index (χ0) is 94.7. The van der Waals surface area contributed by atoms with Crippen molar-refractivity contribution in [2.45, 2.75) is 96.9 Å². The zero-order valence-corrected chi connectivity index (χ0v) is 104. The van der Waals surface area contributed by atoms with Crippen LogP contribution in [0, 0.1) is 84.9 Å². The number of rotatable bonds is 7. The van der Waals surface area contributed by atoms with Crippen molar-refractivity contribution in [3.05, 3.63) is 534 Å². The summed E-state index contributed by atoms with van der Waals surface area (Å²) in [6, 6.07) is 199. The Hall–Kier alpha value is -7.87. The summed E-state index contributed by atoms with van der Waals surface area (Å²) in [5.74, 6) is 0. The number of hydrogen-bond donors (Lipinski definition) is 0. The van der Waals surface area contributed by atoms with Crippen molar-refractivity contribution in [3.63, 3.8) is 0 Å². The van der Waals surface area contributed by atoms with Crippen LogP contribution in [-0.4, -0.2) is 0 Å². The first kappa shape index (κ1) is 127. The van der Waals surface area contributed by atoms with E-state index in [-0.39, 0.29) is 229 Å². The van der Waals surface area contributed by atoms with Gasteiger partial charge in [-0.1, -0.05) is 306 Å². The molecule has 0 aliphatic carbocycles. The van der Waals surface area contributed by atoms with Gasteiger partial charge in [0.25, 0.3) is 0 Å². The van der Waals surface area contributed by atoms with Gasteiger partial charge in [0, 0.05) is 229 Å². The van der Waals surface area contributed by atoms with Gasteiger partial charge in [-0.15, -0.1) is 185 Å². The average Bonchev–Trinajstić information content (AvgIpc) is 0.821. The molecule has 0 aromatic heterocycles. The van der Waals surface area contributed by atoms with Crippen molar-refractivity contribution in [3.8, 4) is 77.9 Å². The van der Waals surface area contributed by atoms with E-state index in [1.165, 1.54) is 75.4 Å². The van der Waals surface area contributed by atoms with Crippen LogP contribution in [0.5, 0.6) is 0 Å². The third-order valence-corrected chi connectivity index (χ3v) is 20.7. The van der Waals surface area contributed by atoms with Gasteiger partial charge < -0.3 is 0 Å². The minimum Gasteiger partial charge on any atom is -0.226 e. The summed E-state index contributed by atoms with van der Waals surface area (Å²) >= 11 is 0. The minimum atomic E-state index is 0. The van der Waals surface area contributed by atoms with E-state index < -0.39 is 0 Å². The molecular formula is C134H116Y7-14. The second kappa shape index (κ2) is 73.2. The molecule has 0 heterocycles. The molecule has 0 nitrogen and oxygen atoms in total. The van der Waals surface area contributed by atoms with E-state index in [1.54, 1.807) is 0 Å². The van der Waals surface area contributed by atoms with Crippen molar-refractivity contribution in [1.29, 1.82) is 0 Å². The van der Waals surface area contributed by atoms with E-state index in [9.17, 15) is 0 Å². The molecule has 0 aliphatic rings. The standard InChI is InChI=1S/3C20H12.3C16H10.C12H8.7C2H6.7Y/c1-3-7-17-13-19(11-9-15(17)5-1)20-12-10-16-6-2-4-8-18(16)14-20;1-2-8-17-14-18(13-12-15(17)6-1)20-11-5-9-16-7-3-4-10-19(16)20;1-2-8-15(9-3-1)20-14-16-10-4-5-11-17(16)18-12-6-7-13-19(18)20;1-2-7-13(8-3-1)16-12-6-10-14-9-4-5-11-15(14)16;2*1-2-6-13(7-3-1)16-11-10-14-8-4-5-9-15(14)12-16;1-3-7-11(8-4-1)12-9-5-2-6-10-12;7*1-2;;;;;;;/h1-11,14H;1-10,12-13H;1-8,10-13H;1-7,9-11H;1-6,8-10,12H;1-6,8-11H;1-7,9H;7*1-2H3;;;;;;;/q7*-2;;;;;;;;;;;;;;. The number of hydrogen-bond acceptors (Lipinski definition) is 0. The molecule has 7 radical (unpaired) electrons. The fraction of sp³-hybridized carbons (Fsp3) is 0.104. The molecule has 0 aliphatic heterocycles. The van der Waals surface area contributed by atoms with Crippen LogP contribution in [0.2, 0.25) is 0 Å². The third kappa shape index (κ3) is 37.5. The van der Waals surface area contributed by atoms with Crippen LogP contribution in [0.3, 0.4) is 0 Å². The molecule has 0 saturated heterocycles. The molecule has 23 aromatic rings. The van der Waals surface area contributed by atoms with Crippen LogP contribution in [0.1, 0.15) is 96.9 Å². The monoisotopic (exact) mass is 2350 g/mol. The van der Waals surface area contributed by atoms with E-state index >= 15 is 0 Å². The summed E-state index contributed by atoms with van der Waals surface area (Å²) in [4.78, 5) is 0. The summed E-state index contributed by atoms with van der Waals surface area (Å²) in [6.07, 6.45) is 0. The topological polar surface area (TPSA) is 0 Å². The van der Waals surface area contributed by atoms with Gasteiger partial charge in [0.2, 0.25) is 0 Å². The van der Waals surface area contributed by atoms with Crippen molar-refractivity contribution in [2.24, 2.45) is 0 Å². The van der Waals surface area contributed by atoms with E-state index in [0.29, 0.717) is 0 Å².